The lowest BCUT2D eigenvalue weighted by atomic mass is 10.1. The Bertz CT molecular complexity index is 679. The van der Waals surface area contributed by atoms with Crippen LogP contribution in [-0.2, 0) is 11.2 Å². The molecule has 0 radical (unpaired) electrons. The Morgan fingerprint density at radius 2 is 2.23 bits per heavy atom. The Morgan fingerprint density at radius 1 is 1.41 bits per heavy atom. The Balaban J connectivity index is 1.58. The van der Waals surface area contributed by atoms with Crippen LogP contribution in [0.15, 0.2) is 29.4 Å². The van der Waals surface area contributed by atoms with Gasteiger partial charge in [0.05, 0.1) is 5.75 Å². The van der Waals surface area contributed by atoms with Gasteiger partial charge < -0.3 is 9.88 Å². The SMILES string of the molecule is CCc1cccc(NC(=O)CSc2nnc(C)n2C2CC2)c1. The number of hydrogen-bond acceptors (Lipinski definition) is 4. The van der Waals surface area contributed by atoms with E-state index in [1.165, 1.54) is 30.2 Å². The second kappa shape index (κ2) is 6.52. The standard InChI is InChI=1S/C16H20N4OS/c1-3-12-5-4-6-13(9-12)17-15(21)10-22-16-19-18-11(2)20(16)14-7-8-14/h4-6,9,14H,3,7-8,10H2,1-2H3,(H,17,21). The van der Waals surface area contributed by atoms with E-state index in [1.807, 2.05) is 25.1 Å². The molecular formula is C16H20N4OS. The molecule has 1 aromatic heterocycles. The molecule has 0 spiro atoms. The van der Waals surface area contributed by atoms with Crippen molar-refractivity contribution >= 4 is 23.4 Å². The van der Waals surface area contributed by atoms with Crippen molar-refractivity contribution in [2.24, 2.45) is 0 Å². The molecule has 0 saturated heterocycles. The summed E-state index contributed by atoms with van der Waals surface area (Å²) >= 11 is 1.45. The molecule has 0 unspecified atom stereocenters. The summed E-state index contributed by atoms with van der Waals surface area (Å²) in [6, 6.07) is 8.49. The fraction of sp³-hybridized carbons (Fsp3) is 0.438. The smallest absolute Gasteiger partial charge is 0.234 e. The second-order valence-corrected chi connectivity index (χ2v) is 6.46. The lowest BCUT2D eigenvalue weighted by Gasteiger charge is -2.08. The number of thioether (sulfide) groups is 1. The third-order valence-electron chi connectivity index (χ3n) is 3.70. The number of nitrogens with zero attached hydrogens (tertiary/aromatic N) is 3. The topological polar surface area (TPSA) is 59.8 Å². The zero-order chi connectivity index (χ0) is 15.5. The monoisotopic (exact) mass is 316 g/mol. The molecule has 0 bridgehead atoms. The van der Waals surface area contributed by atoms with Gasteiger partial charge in [0.2, 0.25) is 5.91 Å². The molecule has 3 rings (SSSR count). The summed E-state index contributed by atoms with van der Waals surface area (Å²) in [5.41, 5.74) is 2.07. The highest BCUT2D eigenvalue weighted by Crippen LogP contribution is 2.38. The molecule has 2 aromatic rings. The van der Waals surface area contributed by atoms with Crippen LogP contribution in [0.2, 0.25) is 0 Å². The summed E-state index contributed by atoms with van der Waals surface area (Å²) in [5, 5.41) is 12.1. The average Bonchev–Trinajstić information content (AvgIpc) is 3.28. The van der Waals surface area contributed by atoms with Crippen molar-refractivity contribution < 1.29 is 4.79 Å². The minimum atomic E-state index is -0.0127. The Labute approximate surface area is 134 Å². The summed E-state index contributed by atoms with van der Waals surface area (Å²) in [6.45, 7) is 4.07. The van der Waals surface area contributed by atoms with Crippen molar-refractivity contribution in [3.63, 3.8) is 0 Å². The van der Waals surface area contributed by atoms with Gasteiger partial charge in [0.15, 0.2) is 5.16 Å². The third kappa shape index (κ3) is 3.50. The van der Waals surface area contributed by atoms with E-state index in [9.17, 15) is 4.79 Å². The lowest BCUT2D eigenvalue weighted by Crippen LogP contribution is -2.14. The Morgan fingerprint density at radius 3 is 2.95 bits per heavy atom. The zero-order valence-corrected chi connectivity index (χ0v) is 13.7. The maximum absolute atomic E-state index is 12.1. The lowest BCUT2D eigenvalue weighted by molar-refractivity contribution is -0.113. The molecule has 1 amide bonds. The van der Waals surface area contributed by atoms with E-state index in [-0.39, 0.29) is 5.91 Å². The van der Waals surface area contributed by atoms with E-state index in [4.69, 9.17) is 0 Å². The van der Waals surface area contributed by atoms with Crippen LogP contribution in [0, 0.1) is 6.92 Å². The Kier molecular flexibility index (Phi) is 4.47. The summed E-state index contributed by atoms with van der Waals surface area (Å²) < 4.78 is 2.15. The van der Waals surface area contributed by atoms with Gasteiger partial charge in [0.25, 0.3) is 0 Å². The predicted octanol–water partition coefficient (Wildman–Crippen LogP) is 3.21. The molecule has 1 aromatic carbocycles. The van der Waals surface area contributed by atoms with Crippen molar-refractivity contribution in [3.05, 3.63) is 35.7 Å². The highest BCUT2D eigenvalue weighted by Gasteiger charge is 2.28. The number of carbonyl (C=O) groups is 1. The minimum absolute atomic E-state index is 0.0127. The predicted molar refractivity (Wildman–Crippen MR) is 88.2 cm³/mol. The first-order valence-electron chi connectivity index (χ1n) is 7.60. The first kappa shape index (κ1) is 15.1. The van der Waals surface area contributed by atoms with Gasteiger partial charge in [-0.05, 0) is 43.9 Å². The number of aryl methyl sites for hydroxylation is 2. The van der Waals surface area contributed by atoms with Gasteiger partial charge in [-0.1, -0.05) is 30.8 Å². The fourth-order valence-corrected chi connectivity index (χ4v) is 3.25. The number of hydrogen-bond donors (Lipinski definition) is 1. The number of carbonyl (C=O) groups excluding carboxylic acids is 1. The molecular weight excluding hydrogens is 296 g/mol. The maximum Gasteiger partial charge on any atom is 0.234 e. The number of amides is 1. The van der Waals surface area contributed by atoms with E-state index in [1.54, 1.807) is 0 Å². The van der Waals surface area contributed by atoms with Crippen molar-refractivity contribution in [1.29, 1.82) is 0 Å². The van der Waals surface area contributed by atoms with Crippen molar-refractivity contribution in [3.8, 4) is 0 Å². The number of nitrogens with one attached hydrogen (secondary N) is 1. The average molecular weight is 316 g/mol. The van der Waals surface area contributed by atoms with Gasteiger partial charge >= 0.3 is 0 Å². The van der Waals surface area contributed by atoms with Crippen LogP contribution in [0.4, 0.5) is 5.69 Å². The fourth-order valence-electron chi connectivity index (χ4n) is 2.40. The Hall–Kier alpha value is -1.82. The van der Waals surface area contributed by atoms with Crippen molar-refractivity contribution in [2.45, 2.75) is 44.3 Å². The minimum Gasteiger partial charge on any atom is -0.325 e. The normalized spacial score (nSPS) is 14.1. The molecule has 5 nitrogen and oxygen atoms in total. The number of anilines is 1. The summed E-state index contributed by atoms with van der Waals surface area (Å²) in [6.07, 6.45) is 3.33. The first-order valence-corrected chi connectivity index (χ1v) is 8.59. The van der Waals surface area contributed by atoms with E-state index in [0.717, 1.165) is 23.1 Å². The van der Waals surface area contributed by atoms with Gasteiger partial charge in [0, 0.05) is 11.7 Å². The van der Waals surface area contributed by atoms with Gasteiger partial charge in [0.1, 0.15) is 5.82 Å². The van der Waals surface area contributed by atoms with Gasteiger partial charge in [-0.3, -0.25) is 4.79 Å². The largest absolute Gasteiger partial charge is 0.325 e. The molecule has 0 atom stereocenters. The van der Waals surface area contributed by atoms with Crippen LogP contribution in [0.5, 0.6) is 0 Å². The van der Waals surface area contributed by atoms with Crippen molar-refractivity contribution in [1.82, 2.24) is 14.8 Å². The molecule has 1 heterocycles. The van der Waals surface area contributed by atoms with Gasteiger partial charge in [-0.2, -0.15) is 0 Å². The maximum atomic E-state index is 12.1. The first-order chi connectivity index (χ1) is 10.7. The molecule has 22 heavy (non-hydrogen) atoms. The van der Waals surface area contributed by atoms with Crippen LogP contribution in [0.3, 0.4) is 0 Å². The summed E-state index contributed by atoms with van der Waals surface area (Å²) in [5.74, 6) is 1.27. The van der Waals surface area contributed by atoms with E-state index < -0.39 is 0 Å². The molecule has 1 aliphatic rings. The molecule has 1 N–H and O–H groups in total. The van der Waals surface area contributed by atoms with E-state index in [2.05, 4.69) is 33.1 Å². The van der Waals surface area contributed by atoms with E-state index in [0.29, 0.717) is 11.8 Å². The van der Waals surface area contributed by atoms with Crippen LogP contribution in [-0.4, -0.2) is 26.4 Å². The molecule has 1 fully saturated rings. The molecule has 1 saturated carbocycles. The van der Waals surface area contributed by atoms with Crippen molar-refractivity contribution in [2.75, 3.05) is 11.1 Å². The van der Waals surface area contributed by atoms with Crippen LogP contribution >= 0.6 is 11.8 Å². The van der Waals surface area contributed by atoms with Gasteiger partial charge in [-0.25, -0.2) is 0 Å². The quantitative estimate of drug-likeness (QED) is 0.831. The number of aromatic nitrogens is 3. The summed E-state index contributed by atoms with van der Waals surface area (Å²) in [4.78, 5) is 12.1. The molecule has 6 heteroatoms. The number of benzene rings is 1. The summed E-state index contributed by atoms with van der Waals surface area (Å²) in [7, 11) is 0. The van der Waals surface area contributed by atoms with Crippen LogP contribution in [0.25, 0.3) is 0 Å². The third-order valence-corrected chi connectivity index (χ3v) is 4.64. The highest BCUT2D eigenvalue weighted by molar-refractivity contribution is 7.99. The number of rotatable bonds is 6. The zero-order valence-electron chi connectivity index (χ0n) is 12.9. The highest BCUT2D eigenvalue weighted by atomic mass is 32.2. The molecule has 1 aliphatic carbocycles. The van der Waals surface area contributed by atoms with Gasteiger partial charge in [-0.15, -0.1) is 10.2 Å². The second-order valence-electron chi connectivity index (χ2n) is 5.52. The molecule has 116 valence electrons. The van der Waals surface area contributed by atoms with E-state index >= 15 is 0 Å². The van der Waals surface area contributed by atoms with Crippen LogP contribution < -0.4 is 5.32 Å². The molecule has 0 aliphatic heterocycles. The van der Waals surface area contributed by atoms with Crippen LogP contribution in [0.1, 0.15) is 37.2 Å².